The Bertz CT molecular complexity index is 432. The summed E-state index contributed by atoms with van der Waals surface area (Å²) in [6, 6.07) is 0. The van der Waals surface area contributed by atoms with Gasteiger partial charge in [-0.1, -0.05) is 19.0 Å². The average Bonchev–Trinajstić information content (AvgIpc) is 2.77. The lowest BCUT2D eigenvalue weighted by atomic mass is 9.73. The van der Waals surface area contributed by atoms with E-state index >= 15 is 0 Å². The zero-order valence-corrected chi connectivity index (χ0v) is 11.4. The first-order valence-electron chi connectivity index (χ1n) is 6.58. The average molecular weight is 268 g/mol. The highest BCUT2D eigenvalue weighted by Crippen LogP contribution is 2.41. The van der Waals surface area contributed by atoms with Gasteiger partial charge in [0.2, 0.25) is 0 Å². The molecule has 0 aliphatic heterocycles. The SMILES string of the molecule is CC1(C)CCC(c2noc(COCC(=O)O)n2)CC1. The molecule has 0 aromatic carbocycles. The van der Waals surface area contributed by atoms with Gasteiger partial charge >= 0.3 is 5.97 Å². The first-order valence-corrected chi connectivity index (χ1v) is 6.58. The number of nitrogens with zero attached hydrogens (tertiary/aromatic N) is 2. The maximum atomic E-state index is 10.3. The fraction of sp³-hybridized carbons (Fsp3) is 0.769. The van der Waals surface area contributed by atoms with Crippen molar-refractivity contribution in [3.05, 3.63) is 11.7 Å². The van der Waals surface area contributed by atoms with E-state index in [0.717, 1.165) is 31.5 Å². The summed E-state index contributed by atoms with van der Waals surface area (Å²) in [5, 5.41) is 12.4. The maximum Gasteiger partial charge on any atom is 0.329 e. The molecule has 0 unspecified atom stereocenters. The van der Waals surface area contributed by atoms with Crippen LogP contribution in [-0.2, 0) is 16.1 Å². The molecule has 0 amide bonds. The van der Waals surface area contributed by atoms with Crippen molar-refractivity contribution in [3.63, 3.8) is 0 Å². The number of aromatic nitrogens is 2. The van der Waals surface area contributed by atoms with Gasteiger partial charge in [-0.25, -0.2) is 4.79 Å². The van der Waals surface area contributed by atoms with Crippen molar-refractivity contribution in [2.24, 2.45) is 5.41 Å². The highest BCUT2D eigenvalue weighted by atomic mass is 16.5. The molecule has 1 aromatic heterocycles. The zero-order chi connectivity index (χ0) is 13.9. The van der Waals surface area contributed by atoms with Crippen molar-refractivity contribution < 1.29 is 19.2 Å². The zero-order valence-electron chi connectivity index (χ0n) is 11.4. The molecule has 6 heteroatoms. The van der Waals surface area contributed by atoms with Gasteiger partial charge in [-0.05, 0) is 31.1 Å². The predicted molar refractivity (Wildman–Crippen MR) is 66.6 cm³/mol. The van der Waals surface area contributed by atoms with Crippen LogP contribution >= 0.6 is 0 Å². The van der Waals surface area contributed by atoms with Crippen molar-refractivity contribution in [3.8, 4) is 0 Å². The summed E-state index contributed by atoms with van der Waals surface area (Å²) < 4.78 is 9.99. The number of rotatable bonds is 5. The van der Waals surface area contributed by atoms with Crippen LogP contribution in [0.15, 0.2) is 4.52 Å². The van der Waals surface area contributed by atoms with E-state index in [4.69, 9.17) is 14.4 Å². The molecule has 1 N–H and O–H groups in total. The van der Waals surface area contributed by atoms with Gasteiger partial charge < -0.3 is 14.4 Å². The number of aliphatic carboxylic acids is 1. The standard InChI is InChI=1S/C13H20N2O4/c1-13(2)5-3-9(4-6-13)12-14-10(19-15-12)7-18-8-11(16)17/h9H,3-8H2,1-2H3,(H,16,17). The van der Waals surface area contributed by atoms with Crippen LogP contribution in [0.4, 0.5) is 0 Å². The Hall–Kier alpha value is -1.43. The van der Waals surface area contributed by atoms with Crippen molar-refractivity contribution in [1.82, 2.24) is 10.1 Å². The smallest absolute Gasteiger partial charge is 0.329 e. The third-order valence-corrected chi connectivity index (χ3v) is 3.64. The van der Waals surface area contributed by atoms with Crippen LogP contribution in [-0.4, -0.2) is 27.8 Å². The Labute approximate surface area is 112 Å². The monoisotopic (exact) mass is 268 g/mol. The second-order valence-electron chi connectivity index (χ2n) is 5.87. The van der Waals surface area contributed by atoms with Crippen molar-refractivity contribution in [2.45, 2.75) is 52.1 Å². The van der Waals surface area contributed by atoms with E-state index in [0.29, 0.717) is 17.2 Å². The normalized spacial score (nSPS) is 19.5. The first-order chi connectivity index (χ1) is 8.96. The van der Waals surface area contributed by atoms with Gasteiger partial charge in [0, 0.05) is 5.92 Å². The largest absolute Gasteiger partial charge is 0.480 e. The Morgan fingerprint density at radius 2 is 2.16 bits per heavy atom. The van der Waals surface area contributed by atoms with E-state index in [9.17, 15) is 4.79 Å². The number of carbonyl (C=O) groups is 1. The summed E-state index contributed by atoms with van der Waals surface area (Å²) in [6.07, 6.45) is 4.47. The van der Waals surface area contributed by atoms with Crippen LogP contribution in [0, 0.1) is 5.41 Å². The predicted octanol–water partition coefficient (Wildman–Crippen LogP) is 2.35. The molecule has 1 aliphatic rings. The van der Waals surface area contributed by atoms with Crippen LogP contribution < -0.4 is 0 Å². The fourth-order valence-electron chi connectivity index (χ4n) is 2.38. The number of hydrogen-bond acceptors (Lipinski definition) is 5. The topological polar surface area (TPSA) is 85.5 Å². The van der Waals surface area contributed by atoms with Gasteiger partial charge in [0.25, 0.3) is 5.89 Å². The number of ether oxygens (including phenoxy) is 1. The Morgan fingerprint density at radius 3 is 2.79 bits per heavy atom. The number of carboxylic acid groups (broad SMARTS) is 1. The molecule has 0 spiro atoms. The van der Waals surface area contributed by atoms with E-state index in [2.05, 4.69) is 24.0 Å². The quantitative estimate of drug-likeness (QED) is 0.882. The summed E-state index contributed by atoms with van der Waals surface area (Å²) in [6.45, 7) is 4.27. The summed E-state index contributed by atoms with van der Waals surface area (Å²) >= 11 is 0. The summed E-state index contributed by atoms with van der Waals surface area (Å²) in [5.74, 6) is 0.421. The highest BCUT2D eigenvalue weighted by Gasteiger charge is 2.30. The lowest BCUT2D eigenvalue weighted by Crippen LogP contribution is -2.20. The third kappa shape index (κ3) is 4.02. The number of hydrogen-bond donors (Lipinski definition) is 1. The fourth-order valence-corrected chi connectivity index (χ4v) is 2.38. The van der Waals surface area contributed by atoms with Crippen LogP contribution in [0.25, 0.3) is 0 Å². The molecule has 1 saturated carbocycles. The minimum Gasteiger partial charge on any atom is -0.480 e. The molecule has 0 atom stereocenters. The molecular weight excluding hydrogens is 248 g/mol. The van der Waals surface area contributed by atoms with E-state index in [1.54, 1.807) is 0 Å². The molecule has 106 valence electrons. The molecule has 0 saturated heterocycles. The molecule has 2 rings (SSSR count). The summed E-state index contributed by atoms with van der Waals surface area (Å²) in [7, 11) is 0. The Balaban J connectivity index is 1.85. The van der Waals surface area contributed by atoms with Crippen molar-refractivity contribution >= 4 is 5.97 Å². The first kappa shape index (κ1) is 14.0. The van der Waals surface area contributed by atoms with Crippen molar-refractivity contribution in [2.75, 3.05) is 6.61 Å². The summed E-state index contributed by atoms with van der Waals surface area (Å²) in [4.78, 5) is 14.6. The van der Waals surface area contributed by atoms with Gasteiger partial charge in [0.1, 0.15) is 13.2 Å². The minimum atomic E-state index is -1.01. The van der Waals surface area contributed by atoms with Gasteiger partial charge in [-0.3, -0.25) is 0 Å². The molecule has 0 bridgehead atoms. The highest BCUT2D eigenvalue weighted by molar-refractivity contribution is 5.67. The van der Waals surface area contributed by atoms with Gasteiger partial charge in [0.15, 0.2) is 5.82 Å². The Morgan fingerprint density at radius 1 is 1.47 bits per heavy atom. The van der Waals surface area contributed by atoms with Crippen LogP contribution in [0.3, 0.4) is 0 Å². The van der Waals surface area contributed by atoms with Gasteiger partial charge in [-0.2, -0.15) is 4.98 Å². The van der Waals surface area contributed by atoms with E-state index < -0.39 is 5.97 Å². The molecule has 6 nitrogen and oxygen atoms in total. The Kier molecular flexibility index (Phi) is 4.19. The van der Waals surface area contributed by atoms with E-state index in [1.807, 2.05) is 0 Å². The maximum absolute atomic E-state index is 10.3. The van der Waals surface area contributed by atoms with E-state index in [-0.39, 0.29) is 13.2 Å². The third-order valence-electron chi connectivity index (χ3n) is 3.64. The molecular formula is C13H20N2O4. The van der Waals surface area contributed by atoms with Crippen LogP contribution in [0.5, 0.6) is 0 Å². The molecule has 1 fully saturated rings. The van der Waals surface area contributed by atoms with Crippen LogP contribution in [0.1, 0.15) is 57.2 Å². The second-order valence-corrected chi connectivity index (χ2v) is 5.87. The molecule has 19 heavy (non-hydrogen) atoms. The van der Waals surface area contributed by atoms with Crippen LogP contribution in [0.2, 0.25) is 0 Å². The number of carboxylic acids is 1. The molecule has 1 aliphatic carbocycles. The summed E-state index contributed by atoms with van der Waals surface area (Å²) in [5.41, 5.74) is 0.410. The second kappa shape index (κ2) is 5.69. The van der Waals surface area contributed by atoms with Gasteiger partial charge in [0.05, 0.1) is 0 Å². The van der Waals surface area contributed by atoms with Crippen molar-refractivity contribution in [1.29, 1.82) is 0 Å². The lowest BCUT2D eigenvalue weighted by Gasteiger charge is -2.32. The van der Waals surface area contributed by atoms with E-state index in [1.165, 1.54) is 0 Å². The molecule has 1 heterocycles. The minimum absolute atomic E-state index is 0.0531. The van der Waals surface area contributed by atoms with Gasteiger partial charge in [-0.15, -0.1) is 0 Å². The lowest BCUT2D eigenvalue weighted by molar-refractivity contribution is -0.142. The molecule has 1 aromatic rings. The molecule has 0 radical (unpaired) electrons.